The van der Waals surface area contributed by atoms with Crippen molar-refractivity contribution < 1.29 is 28.8 Å². The summed E-state index contributed by atoms with van der Waals surface area (Å²) in [6.07, 6.45) is 0. The number of imide groups is 1. The number of ether oxygens (including phenoxy) is 1. The molecule has 0 saturated heterocycles. The van der Waals surface area contributed by atoms with Gasteiger partial charge in [-0.3, -0.25) is 9.59 Å². The number of rotatable bonds is 3. The summed E-state index contributed by atoms with van der Waals surface area (Å²) in [7, 11) is 0. The molecule has 1 aliphatic rings. The van der Waals surface area contributed by atoms with Crippen LogP contribution in [0.4, 0.5) is 0 Å². The molecular weight excluding hydrogens is 350 g/mol. The quantitative estimate of drug-likeness (QED) is 0.612. The lowest BCUT2D eigenvalue weighted by Gasteiger charge is -2.19. The Bertz CT molecular complexity index is 905. The van der Waals surface area contributed by atoms with Crippen LogP contribution in [0.5, 0.6) is 0 Å². The molecule has 3 rings (SSSR count). The Balaban J connectivity index is 1.72. The van der Waals surface area contributed by atoms with Crippen molar-refractivity contribution in [1.82, 2.24) is 5.06 Å². The first-order valence-electron chi connectivity index (χ1n) is 8.21. The van der Waals surface area contributed by atoms with Crippen molar-refractivity contribution in [1.29, 1.82) is 0 Å². The maximum atomic E-state index is 12.3. The Kier molecular flexibility index (Phi) is 4.53. The minimum absolute atomic E-state index is 0.0823. The first-order valence-corrected chi connectivity index (χ1v) is 8.21. The Morgan fingerprint density at radius 3 is 1.67 bits per heavy atom. The van der Waals surface area contributed by atoms with Crippen molar-refractivity contribution >= 4 is 23.8 Å². The number of carbonyl (C=O) groups excluding carboxylic acids is 4. The molecule has 0 radical (unpaired) electrons. The Hall–Kier alpha value is -3.48. The number of hydrogen-bond acceptors (Lipinski definition) is 6. The van der Waals surface area contributed by atoms with Gasteiger partial charge >= 0.3 is 11.9 Å². The summed E-state index contributed by atoms with van der Waals surface area (Å²) >= 11 is 0. The van der Waals surface area contributed by atoms with Gasteiger partial charge in [-0.2, -0.15) is 0 Å². The van der Waals surface area contributed by atoms with Gasteiger partial charge < -0.3 is 9.57 Å². The average molecular weight is 367 g/mol. The Labute approximate surface area is 155 Å². The number of carbonyl (C=O) groups is 4. The Morgan fingerprint density at radius 1 is 0.778 bits per heavy atom. The second-order valence-corrected chi connectivity index (χ2v) is 6.91. The van der Waals surface area contributed by atoms with E-state index >= 15 is 0 Å². The van der Waals surface area contributed by atoms with Gasteiger partial charge in [-0.1, -0.05) is 17.2 Å². The first kappa shape index (κ1) is 18.3. The molecule has 0 N–H and O–H groups in total. The maximum Gasteiger partial charge on any atom is 0.363 e. The summed E-state index contributed by atoms with van der Waals surface area (Å²) in [4.78, 5) is 53.7. The van der Waals surface area contributed by atoms with Gasteiger partial charge in [0, 0.05) is 0 Å². The molecule has 138 valence electrons. The molecule has 0 fully saturated rings. The number of amides is 2. The first-order chi connectivity index (χ1) is 12.7. The average Bonchev–Trinajstić information content (AvgIpc) is 2.86. The normalized spacial score (nSPS) is 13.4. The van der Waals surface area contributed by atoms with Gasteiger partial charge in [0.1, 0.15) is 5.60 Å². The van der Waals surface area contributed by atoms with E-state index in [0.29, 0.717) is 5.06 Å². The predicted octanol–water partition coefficient (Wildman–Crippen LogP) is 3.01. The van der Waals surface area contributed by atoms with Crippen molar-refractivity contribution in [3.8, 4) is 0 Å². The van der Waals surface area contributed by atoms with Crippen LogP contribution in [0.3, 0.4) is 0 Å². The molecule has 2 aromatic carbocycles. The number of nitrogens with zero attached hydrogens (tertiary/aromatic N) is 1. The summed E-state index contributed by atoms with van der Waals surface area (Å²) in [6, 6.07) is 11.7. The molecule has 7 heteroatoms. The molecule has 27 heavy (non-hydrogen) atoms. The number of hydroxylamine groups is 2. The summed E-state index contributed by atoms with van der Waals surface area (Å²) in [6.45, 7) is 5.25. The van der Waals surface area contributed by atoms with Crippen molar-refractivity contribution in [3.63, 3.8) is 0 Å². The molecule has 1 aliphatic heterocycles. The summed E-state index contributed by atoms with van der Waals surface area (Å²) < 4.78 is 5.24. The third-order valence-electron chi connectivity index (χ3n) is 3.69. The zero-order chi connectivity index (χ0) is 19.8. The lowest BCUT2D eigenvalue weighted by molar-refractivity contribution is -0.0584. The number of hydrogen-bond donors (Lipinski definition) is 0. The van der Waals surface area contributed by atoms with Crippen LogP contribution in [0, 0.1) is 0 Å². The fraction of sp³-hybridized carbons (Fsp3) is 0.200. The third kappa shape index (κ3) is 3.72. The highest BCUT2D eigenvalue weighted by Crippen LogP contribution is 2.23. The fourth-order valence-electron chi connectivity index (χ4n) is 2.47. The Morgan fingerprint density at radius 2 is 1.22 bits per heavy atom. The van der Waals surface area contributed by atoms with Gasteiger partial charge in [0.05, 0.1) is 22.3 Å². The van der Waals surface area contributed by atoms with Crippen molar-refractivity contribution in [2.45, 2.75) is 26.4 Å². The van der Waals surface area contributed by atoms with E-state index in [1.54, 1.807) is 32.9 Å². The molecule has 0 aromatic heterocycles. The zero-order valence-electron chi connectivity index (χ0n) is 15.0. The molecule has 0 spiro atoms. The van der Waals surface area contributed by atoms with Crippen LogP contribution in [0.1, 0.15) is 62.2 Å². The van der Waals surface area contributed by atoms with Gasteiger partial charge in [0.25, 0.3) is 11.8 Å². The lowest BCUT2D eigenvalue weighted by Crippen LogP contribution is -2.32. The van der Waals surface area contributed by atoms with E-state index in [-0.39, 0.29) is 22.3 Å². The standard InChI is InChI=1S/C20H17NO6/c1-20(2,3)26-18(24)12-8-10-13(11-9-12)19(25)27-21-16(22)14-6-4-5-7-15(14)17(21)23/h4-11H,1-3H3. The molecule has 7 nitrogen and oxygen atoms in total. The number of fused-ring (bicyclic) bond motifs is 1. The molecule has 0 bridgehead atoms. The van der Waals surface area contributed by atoms with Crippen molar-refractivity contribution in [2.75, 3.05) is 0 Å². The summed E-state index contributed by atoms with van der Waals surface area (Å²) in [5.41, 5.74) is 0.0624. The van der Waals surface area contributed by atoms with E-state index in [1.165, 1.54) is 36.4 Å². The SMILES string of the molecule is CC(C)(C)OC(=O)c1ccc(C(=O)ON2C(=O)c3ccccc3C2=O)cc1. The molecule has 0 aliphatic carbocycles. The second kappa shape index (κ2) is 6.68. The van der Waals surface area contributed by atoms with Crippen LogP contribution in [0.25, 0.3) is 0 Å². The number of esters is 1. The molecule has 0 unspecified atom stereocenters. The van der Waals surface area contributed by atoms with Gasteiger partial charge in [-0.25, -0.2) is 9.59 Å². The monoisotopic (exact) mass is 367 g/mol. The van der Waals surface area contributed by atoms with E-state index in [2.05, 4.69) is 0 Å². The highest BCUT2D eigenvalue weighted by atomic mass is 16.7. The van der Waals surface area contributed by atoms with E-state index in [1.807, 2.05) is 0 Å². The smallest absolute Gasteiger partial charge is 0.363 e. The summed E-state index contributed by atoms with van der Waals surface area (Å²) in [5.74, 6) is -2.81. The molecule has 2 amide bonds. The van der Waals surface area contributed by atoms with Gasteiger partial charge in [-0.05, 0) is 57.2 Å². The third-order valence-corrected chi connectivity index (χ3v) is 3.69. The minimum Gasteiger partial charge on any atom is -0.456 e. The van der Waals surface area contributed by atoms with E-state index in [4.69, 9.17) is 9.57 Å². The van der Waals surface area contributed by atoms with E-state index < -0.39 is 29.4 Å². The fourth-order valence-corrected chi connectivity index (χ4v) is 2.47. The van der Waals surface area contributed by atoms with Crippen molar-refractivity contribution in [3.05, 3.63) is 70.8 Å². The maximum absolute atomic E-state index is 12.3. The van der Waals surface area contributed by atoms with Crippen LogP contribution < -0.4 is 0 Å². The molecule has 2 aromatic rings. The minimum atomic E-state index is -0.889. The molecule has 1 heterocycles. The zero-order valence-corrected chi connectivity index (χ0v) is 15.0. The lowest BCUT2D eigenvalue weighted by atomic mass is 10.1. The van der Waals surface area contributed by atoms with Gasteiger partial charge in [-0.15, -0.1) is 0 Å². The topological polar surface area (TPSA) is 90.0 Å². The van der Waals surface area contributed by atoms with Crippen LogP contribution in [0.2, 0.25) is 0 Å². The predicted molar refractivity (Wildman–Crippen MR) is 94.0 cm³/mol. The second-order valence-electron chi connectivity index (χ2n) is 6.91. The number of benzene rings is 2. The van der Waals surface area contributed by atoms with Crippen LogP contribution >= 0.6 is 0 Å². The van der Waals surface area contributed by atoms with Crippen LogP contribution in [-0.2, 0) is 9.57 Å². The van der Waals surface area contributed by atoms with Gasteiger partial charge in [0.15, 0.2) is 0 Å². The highest BCUT2D eigenvalue weighted by Gasteiger charge is 2.38. The molecule has 0 atom stereocenters. The molecule has 0 saturated carbocycles. The summed E-state index contributed by atoms with van der Waals surface area (Å²) in [5, 5.41) is 0.439. The van der Waals surface area contributed by atoms with E-state index in [0.717, 1.165) is 0 Å². The van der Waals surface area contributed by atoms with E-state index in [9.17, 15) is 19.2 Å². The van der Waals surface area contributed by atoms with Crippen LogP contribution in [0.15, 0.2) is 48.5 Å². The van der Waals surface area contributed by atoms with Gasteiger partial charge in [0.2, 0.25) is 0 Å². The van der Waals surface area contributed by atoms with Crippen molar-refractivity contribution in [2.24, 2.45) is 0 Å². The largest absolute Gasteiger partial charge is 0.456 e. The van der Waals surface area contributed by atoms with Crippen LogP contribution in [-0.4, -0.2) is 34.4 Å². The molecular formula is C20H17NO6. The highest BCUT2D eigenvalue weighted by molar-refractivity contribution is 6.21.